The first-order valence-electron chi connectivity index (χ1n) is 13.6. The number of fused-ring (bicyclic) bond motifs is 1. The summed E-state index contributed by atoms with van der Waals surface area (Å²) in [6, 6.07) is 8.86. The molecule has 4 unspecified atom stereocenters. The molecule has 4 rings (SSSR count). The molecule has 3 aliphatic heterocycles. The van der Waals surface area contributed by atoms with Crippen molar-refractivity contribution in [1.82, 2.24) is 10.2 Å². The van der Waals surface area contributed by atoms with Gasteiger partial charge in [0.15, 0.2) is 0 Å². The van der Waals surface area contributed by atoms with E-state index in [-0.39, 0.29) is 41.5 Å². The standard InChI is InChI=1S/C28H41N3O4S/c1-4-12-19(3)29-26(34)24-28-18(2)17-21(36-28)22(25(33)30-20-13-8-7-9-14-20)23(28)27(35)31(24)15-10-5-6-11-16-32/h7-9,13-14,18-19,21-24,32H,4-6,10-12,15-17H2,1-3H3,(H,29,34)(H,30,33)/t18?,19?,21-,22+,23+,24?,28?/m1/s1. The van der Waals surface area contributed by atoms with Gasteiger partial charge in [-0.1, -0.05) is 51.3 Å². The van der Waals surface area contributed by atoms with Crippen LogP contribution in [-0.2, 0) is 14.4 Å². The van der Waals surface area contributed by atoms with Gasteiger partial charge in [0.1, 0.15) is 6.04 Å². The molecule has 2 bridgehead atoms. The number of nitrogens with zero attached hydrogens (tertiary/aromatic N) is 1. The summed E-state index contributed by atoms with van der Waals surface area (Å²) < 4.78 is -0.582. The number of aliphatic hydroxyl groups excluding tert-OH is 1. The summed E-state index contributed by atoms with van der Waals surface area (Å²) in [5.74, 6) is -1.01. The smallest absolute Gasteiger partial charge is 0.244 e. The topological polar surface area (TPSA) is 98.7 Å². The van der Waals surface area contributed by atoms with Crippen LogP contribution in [0.15, 0.2) is 30.3 Å². The van der Waals surface area contributed by atoms with E-state index in [0.29, 0.717) is 6.54 Å². The Bertz CT molecular complexity index is 944. The molecule has 1 aromatic rings. The number of nitrogens with one attached hydrogen (secondary N) is 2. The zero-order valence-electron chi connectivity index (χ0n) is 21.7. The van der Waals surface area contributed by atoms with Crippen molar-refractivity contribution in [2.45, 2.75) is 87.8 Å². The van der Waals surface area contributed by atoms with E-state index in [9.17, 15) is 14.4 Å². The van der Waals surface area contributed by atoms with Crippen LogP contribution >= 0.6 is 11.8 Å². The maximum atomic E-state index is 14.0. The molecule has 3 heterocycles. The molecule has 0 saturated carbocycles. The molecule has 36 heavy (non-hydrogen) atoms. The molecule has 1 aromatic carbocycles. The highest BCUT2D eigenvalue weighted by Gasteiger charge is 2.75. The lowest BCUT2D eigenvalue weighted by Gasteiger charge is -2.39. The Labute approximate surface area is 219 Å². The zero-order valence-corrected chi connectivity index (χ0v) is 22.6. The number of unbranched alkanes of at least 4 members (excludes halogenated alkanes) is 3. The molecule has 0 aliphatic carbocycles. The van der Waals surface area contributed by atoms with E-state index in [1.807, 2.05) is 37.3 Å². The van der Waals surface area contributed by atoms with Crippen LogP contribution in [0.3, 0.4) is 0 Å². The summed E-state index contributed by atoms with van der Waals surface area (Å²) >= 11 is 1.72. The molecule has 3 saturated heterocycles. The minimum atomic E-state index is -0.582. The monoisotopic (exact) mass is 515 g/mol. The highest BCUT2D eigenvalue weighted by Crippen LogP contribution is 2.68. The summed E-state index contributed by atoms with van der Waals surface area (Å²) in [5.41, 5.74) is 0.728. The van der Waals surface area contributed by atoms with Crippen LogP contribution < -0.4 is 10.6 Å². The average Bonchev–Trinajstić information content (AvgIpc) is 3.43. The number of carbonyl (C=O) groups is 3. The van der Waals surface area contributed by atoms with Crippen LogP contribution in [0, 0.1) is 17.8 Å². The largest absolute Gasteiger partial charge is 0.396 e. The molecule has 7 nitrogen and oxygen atoms in total. The highest BCUT2D eigenvalue weighted by atomic mass is 32.2. The SMILES string of the molecule is CCCC(C)NC(=O)C1N(CCCCCCO)C(=O)[C@@H]2[C@@H](C(=O)Nc3ccccc3)[C@H]3CC(C)C12S3. The predicted octanol–water partition coefficient (Wildman–Crippen LogP) is 3.82. The van der Waals surface area contributed by atoms with Gasteiger partial charge in [-0.3, -0.25) is 14.4 Å². The number of amides is 3. The van der Waals surface area contributed by atoms with E-state index in [4.69, 9.17) is 5.11 Å². The van der Waals surface area contributed by atoms with Crippen molar-refractivity contribution in [2.24, 2.45) is 17.8 Å². The fraction of sp³-hybridized carbons (Fsp3) is 0.679. The predicted molar refractivity (Wildman–Crippen MR) is 144 cm³/mol. The van der Waals surface area contributed by atoms with Crippen molar-refractivity contribution in [3.8, 4) is 0 Å². The van der Waals surface area contributed by atoms with Crippen molar-refractivity contribution < 1.29 is 19.5 Å². The number of anilines is 1. The van der Waals surface area contributed by atoms with Crippen LogP contribution in [0.25, 0.3) is 0 Å². The van der Waals surface area contributed by atoms with E-state index in [1.54, 1.807) is 16.7 Å². The van der Waals surface area contributed by atoms with Crippen molar-refractivity contribution in [2.75, 3.05) is 18.5 Å². The second-order valence-corrected chi connectivity index (χ2v) is 12.3. The Morgan fingerprint density at radius 3 is 2.58 bits per heavy atom. The van der Waals surface area contributed by atoms with Crippen molar-refractivity contribution in [3.05, 3.63) is 30.3 Å². The number of benzene rings is 1. The third-order valence-electron chi connectivity index (χ3n) is 8.26. The lowest BCUT2D eigenvalue weighted by molar-refractivity contribution is -0.139. The lowest BCUT2D eigenvalue weighted by Crippen LogP contribution is -2.57. The Morgan fingerprint density at radius 1 is 1.17 bits per heavy atom. The molecule has 0 radical (unpaired) electrons. The first-order chi connectivity index (χ1) is 17.3. The zero-order chi connectivity index (χ0) is 25.9. The van der Waals surface area contributed by atoms with Crippen LogP contribution in [0.2, 0.25) is 0 Å². The Morgan fingerprint density at radius 2 is 1.89 bits per heavy atom. The van der Waals surface area contributed by atoms with Gasteiger partial charge < -0.3 is 20.6 Å². The Balaban J connectivity index is 1.62. The molecule has 198 valence electrons. The molecular formula is C28H41N3O4S. The molecule has 1 spiro atoms. The van der Waals surface area contributed by atoms with E-state index in [0.717, 1.165) is 50.6 Å². The van der Waals surface area contributed by atoms with Crippen LogP contribution in [0.5, 0.6) is 0 Å². The fourth-order valence-electron chi connectivity index (χ4n) is 6.68. The first-order valence-corrected chi connectivity index (χ1v) is 14.5. The molecule has 3 N–H and O–H groups in total. The van der Waals surface area contributed by atoms with Gasteiger partial charge >= 0.3 is 0 Å². The molecule has 3 aliphatic rings. The van der Waals surface area contributed by atoms with Gasteiger partial charge in [0, 0.05) is 30.1 Å². The highest BCUT2D eigenvalue weighted by molar-refractivity contribution is 8.02. The van der Waals surface area contributed by atoms with Crippen molar-refractivity contribution >= 4 is 35.2 Å². The maximum Gasteiger partial charge on any atom is 0.244 e. The summed E-state index contributed by atoms with van der Waals surface area (Å²) in [7, 11) is 0. The number of likely N-dealkylation sites (tertiary alicyclic amines) is 1. The fourth-order valence-corrected chi connectivity index (χ4v) is 9.10. The van der Waals surface area contributed by atoms with Crippen LogP contribution in [-0.4, -0.2) is 63.0 Å². The van der Waals surface area contributed by atoms with Gasteiger partial charge in [-0.05, 0) is 50.7 Å². The van der Waals surface area contributed by atoms with E-state index in [1.165, 1.54) is 0 Å². The molecule has 8 heteroatoms. The van der Waals surface area contributed by atoms with Gasteiger partial charge in [0.2, 0.25) is 17.7 Å². The van der Waals surface area contributed by atoms with E-state index >= 15 is 0 Å². The first kappa shape index (κ1) is 27.0. The molecule has 3 fully saturated rings. The summed E-state index contributed by atoms with van der Waals surface area (Å²) in [5, 5.41) is 15.4. The second-order valence-electron chi connectivity index (χ2n) is 10.8. The van der Waals surface area contributed by atoms with E-state index < -0.39 is 22.6 Å². The summed E-state index contributed by atoms with van der Waals surface area (Å²) in [6.45, 7) is 6.95. The van der Waals surface area contributed by atoms with Gasteiger partial charge in [0.05, 0.1) is 16.6 Å². The summed E-state index contributed by atoms with van der Waals surface area (Å²) in [6.07, 6.45) is 6.01. The number of para-hydroxylation sites is 1. The molecule has 3 amide bonds. The van der Waals surface area contributed by atoms with Crippen molar-refractivity contribution in [3.63, 3.8) is 0 Å². The lowest BCUT2D eigenvalue weighted by atomic mass is 9.65. The molecular weight excluding hydrogens is 474 g/mol. The normalized spacial score (nSPS) is 31.4. The molecule has 7 atom stereocenters. The third-order valence-corrected chi connectivity index (χ3v) is 10.3. The molecule has 0 aromatic heterocycles. The number of thioether (sulfide) groups is 1. The number of carbonyl (C=O) groups excluding carboxylic acids is 3. The van der Waals surface area contributed by atoms with Gasteiger partial charge in [-0.25, -0.2) is 0 Å². The average molecular weight is 516 g/mol. The van der Waals surface area contributed by atoms with Gasteiger partial charge in [0.25, 0.3) is 0 Å². The minimum absolute atomic E-state index is 0.0349. The van der Waals surface area contributed by atoms with Gasteiger partial charge in [-0.15, -0.1) is 11.8 Å². The van der Waals surface area contributed by atoms with E-state index in [2.05, 4.69) is 24.5 Å². The minimum Gasteiger partial charge on any atom is -0.396 e. The number of hydrogen-bond acceptors (Lipinski definition) is 5. The van der Waals surface area contributed by atoms with Gasteiger partial charge in [-0.2, -0.15) is 0 Å². The summed E-state index contributed by atoms with van der Waals surface area (Å²) in [4.78, 5) is 43.2. The van der Waals surface area contributed by atoms with Crippen LogP contribution in [0.1, 0.15) is 65.7 Å². The third kappa shape index (κ3) is 4.91. The van der Waals surface area contributed by atoms with Crippen molar-refractivity contribution in [1.29, 1.82) is 0 Å². The Kier molecular flexibility index (Phi) is 8.66. The Hall–Kier alpha value is -2.06. The number of hydrogen-bond donors (Lipinski definition) is 3. The quantitative estimate of drug-likeness (QED) is 0.368. The van der Waals surface area contributed by atoms with Crippen LogP contribution in [0.4, 0.5) is 5.69 Å². The second kappa shape index (κ2) is 11.5. The number of rotatable bonds is 12. The number of aliphatic hydroxyl groups is 1. The maximum absolute atomic E-state index is 14.0.